The molecule has 3 rings (SSSR count). The predicted octanol–water partition coefficient (Wildman–Crippen LogP) is 2.52. The van der Waals surface area contributed by atoms with Crippen molar-refractivity contribution in [1.82, 2.24) is 20.3 Å². The highest BCUT2D eigenvalue weighted by atomic mass is 35.5. The Labute approximate surface area is 152 Å². The van der Waals surface area contributed by atoms with E-state index in [4.69, 9.17) is 17.3 Å². The van der Waals surface area contributed by atoms with Gasteiger partial charge in [0.1, 0.15) is 0 Å². The van der Waals surface area contributed by atoms with E-state index in [1.807, 2.05) is 12.1 Å². The molecule has 134 valence electrons. The summed E-state index contributed by atoms with van der Waals surface area (Å²) in [7, 11) is 0. The number of hydrogen-bond acceptors (Lipinski definition) is 4. The van der Waals surface area contributed by atoms with Gasteiger partial charge in [0.2, 0.25) is 0 Å². The van der Waals surface area contributed by atoms with E-state index < -0.39 is 0 Å². The zero-order valence-corrected chi connectivity index (χ0v) is 15.0. The number of rotatable bonds is 6. The van der Waals surface area contributed by atoms with Crippen molar-refractivity contribution in [3.05, 3.63) is 46.7 Å². The van der Waals surface area contributed by atoms with Crippen LogP contribution in [0, 0.1) is 0 Å². The van der Waals surface area contributed by atoms with Crippen LogP contribution in [0.2, 0.25) is 5.02 Å². The first-order chi connectivity index (χ1) is 12.1. The van der Waals surface area contributed by atoms with Gasteiger partial charge in [-0.1, -0.05) is 48.2 Å². The predicted molar refractivity (Wildman–Crippen MR) is 97.6 cm³/mol. The van der Waals surface area contributed by atoms with E-state index >= 15 is 0 Å². The summed E-state index contributed by atoms with van der Waals surface area (Å²) in [6.45, 7) is 1.61. The first-order valence-corrected chi connectivity index (χ1v) is 9.15. The van der Waals surface area contributed by atoms with Crippen molar-refractivity contribution < 1.29 is 4.79 Å². The monoisotopic (exact) mass is 361 g/mol. The van der Waals surface area contributed by atoms with Gasteiger partial charge in [0.15, 0.2) is 5.69 Å². The van der Waals surface area contributed by atoms with Crippen LogP contribution in [0.1, 0.15) is 48.2 Å². The molecule has 0 aliphatic heterocycles. The smallest absolute Gasteiger partial charge is 0.273 e. The quantitative estimate of drug-likeness (QED) is 0.827. The molecule has 25 heavy (non-hydrogen) atoms. The first-order valence-electron chi connectivity index (χ1n) is 8.77. The molecule has 7 heteroatoms. The summed E-state index contributed by atoms with van der Waals surface area (Å²) < 4.78 is 1.59. The second kappa shape index (κ2) is 7.97. The van der Waals surface area contributed by atoms with Crippen molar-refractivity contribution in [2.24, 2.45) is 5.73 Å². The Morgan fingerprint density at radius 1 is 1.24 bits per heavy atom. The zero-order valence-electron chi connectivity index (χ0n) is 14.2. The van der Waals surface area contributed by atoms with Gasteiger partial charge in [-0.3, -0.25) is 9.48 Å². The minimum atomic E-state index is -0.192. The topological polar surface area (TPSA) is 85.8 Å². The van der Waals surface area contributed by atoms with Gasteiger partial charge in [-0.05, 0) is 30.5 Å². The Balaban J connectivity index is 1.72. The van der Waals surface area contributed by atoms with E-state index in [1.165, 1.54) is 24.8 Å². The first kappa shape index (κ1) is 17.9. The molecular formula is C18H24ClN5O. The molecule has 0 spiro atoms. The van der Waals surface area contributed by atoms with Crippen LogP contribution in [0.25, 0.3) is 0 Å². The number of carbonyl (C=O) groups excluding carboxylic acids is 1. The summed E-state index contributed by atoms with van der Waals surface area (Å²) in [6.07, 6.45) is 7.36. The van der Waals surface area contributed by atoms with Crippen LogP contribution in [-0.4, -0.2) is 34.0 Å². The summed E-state index contributed by atoms with van der Waals surface area (Å²) in [6, 6.07) is 8.01. The molecule has 0 atom stereocenters. The second-order valence-corrected chi connectivity index (χ2v) is 7.12. The lowest BCUT2D eigenvalue weighted by Crippen LogP contribution is -2.42. The van der Waals surface area contributed by atoms with Crippen molar-refractivity contribution in [3.63, 3.8) is 0 Å². The highest BCUT2D eigenvalue weighted by Crippen LogP contribution is 2.39. The third-order valence-corrected chi connectivity index (χ3v) is 5.24. The van der Waals surface area contributed by atoms with Gasteiger partial charge in [-0.2, -0.15) is 0 Å². The van der Waals surface area contributed by atoms with E-state index in [9.17, 15) is 4.79 Å². The molecule has 2 aromatic rings. The van der Waals surface area contributed by atoms with Crippen LogP contribution >= 0.6 is 11.6 Å². The molecule has 0 radical (unpaired) electrons. The number of amides is 1. The largest absolute Gasteiger partial charge is 0.350 e. The van der Waals surface area contributed by atoms with Gasteiger partial charge < -0.3 is 11.1 Å². The maximum absolute atomic E-state index is 12.5. The van der Waals surface area contributed by atoms with Crippen molar-refractivity contribution in [2.75, 3.05) is 13.1 Å². The zero-order chi connectivity index (χ0) is 17.7. The second-order valence-electron chi connectivity index (χ2n) is 6.69. The number of nitrogens with two attached hydrogens (primary N) is 1. The number of hydrogen-bond donors (Lipinski definition) is 2. The third-order valence-electron chi connectivity index (χ3n) is 4.98. The molecule has 1 saturated carbocycles. The van der Waals surface area contributed by atoms with Gasteiger partial charge in [0.05, 0.1) is 12.7 Å². The highest BCUT2D eigenvalue weighted by molar-refractivity contribution is 6.30. The Morgan fingerprint density at radius 2 is 1.96 bits per heavy atom. The van der Waals surface area contributed by atoms with E-state index in [-0.39, 0.29) is 11.3 Å². The van der Waals surface area contributed by atoms with Crippen LogP contribution in [0.4, 0.5) is 0 Å². The Morgan fingerprint density at radius 3 is 2.64 bits per heavy atom. The van der Waals surface area contributed by atoms with Crippen LogP contribution in [0.3, 0.4) is 0 Å². The fourth-order valence-corrected chi connectivity index (χ4v) is 3.71. The number of benzene rings is 1. The summed E-state index contributed by atoms with van der Waals surface area (Å²) in [5.41, 5.74) is 7.03. The number of nitrogens with one attached hydrogen (secondary N) is 1. The number of carbonyl (C=O) groups is 1. The molecule has 1 aliphatic carbocycles. The standard InChI is InChI=1S/C18H24ClN5O/c19-15-6-4-14(5-7-15)18(8-2-1-3-9-18)13-21-17(25)16-12-24(11-10-20)23-22-16/h4-7,12H,1-3,8-11,13,20H2,(H,21,25). The van der Waals surface area contributed by atoms with Crippen LogP contribution < -0.4 is 11.1 Å². The van der Waals surface area contributed by atoms with Gasteiger partial charge >= 0.3 is 0 Å². The Bertz CT molecular complexity index is 707. The molecule has 1 aliphatic rings. The van der Waals surface area contributed by atoms with Crippen LogP contribution in [-0.2, 0) is 12.0 Å². The van der Waals surface area contributed by atoms with Gasteiger partial charge in [0.25, 0.3) is 5.91 Å². The normalized spacial score (nSPS) is 16.6. The maximum atomic E-state index is 12.5. The third kappa shape index (κ3) is 4.19. The maximum Gasteiger partial charge on any atom is 0.273 e. The molecule has 1 fully saturated rings. The van der Waals surface area contributed by atoms with Gasteiger partial charge in [0, 0.05) is 23.5 Å². The molecule has 1 aromatic carbocycles. The Hall–Kier alpha value is -1.92. The molecule has 0 unspecified atom stereocenters. The lowest BCUT2D eigenvalue weighted by molar-refractivity contribution is 0.0931. The summed E-state index contributed by atoms with van der Waals surface area (Å²) >= 11 is 6.04. The fourth-order valence-electron chi connectivity index (χ4n) is 3.58. The summed E-state index contributed by atoms with van der Waals surface area (Å²) in [4.78, 5) is 12.5. The van der Waals surface area contributed by atoms with Crippen LogP contribution in [0.15, 0.2) is 30.5 Å². The van der Waals surface area contributed by atoms with E-state index in [1.54, 1.807) is 10.9 Å². The Kier molecular flexibility index (Phi) is 5.71. The summed E-state index contributed by atoms with van der Waals surface area (Å²) in [5, 5.41) is 11.6. The van der Waals surface area contributed by atoms with Gasteiger partial charge in [-0.25, -0.2) is 0 Å². The van der Waals surface area contributed by atoms with Crippen molar-refractivity contribution in [2.45, 2.75) is 44.1 Å². The minimum Gasteiger partial charge on any atom is -0.350 e. The molecule has 0 saturated heterocycles. The average molecular weight is 362 g/mol. The lowest BCUT2D eigenvalue weighted by Gasteiger charge is -2.38. The highest BCUT2D eigenvalue weighted by Gasteiger charge is 2.34. The molecule has 3 N–H and O–H groups in total. The SMILES string of the molecule is NCCn1cc(C(=O)NCC2(c3ccc(Cl)cc3)CCCCC2)nn1. The fraction of sp³-hybridized carbons (Fsp3) is 0.500. The van der Waals surface area contributed by atoms with Crippen LogP contribution in [0.5, 0.6) is 0 Å². The van der Waals surface area contributed by atoms with Crippen molar-refractivity contribution in [3.8, 4) is 0 Å². The van der Waals surface area contributed by atoms with Gasteiger partial charge in [-0.15, -0.1) is 5.10 Å². The van der Waals surface area contributed by atoms with Crippen molar-refractivity contribution in [1.29, 1.82) is 0 Å². The molecule has 1 amide bonds. The van der Waals surface area contributed by atoms with Crippen molar-refractivity contribution >= 4 is 17.5 Å². The molecule has 1 heterocycles. The van der Waals surface area contributed by atoms with E-state index in [0.717, 1.165) is 17.9 Å². The molecule has 6 nitrogen and oxygen atoms in total. The van der Waals surface area contributed by atoms with E-state index in [2.05, 4.69) is 27.8 Å². The number of aromatic nitrogens is 3. The number of nitrogens with zero attached hydrogens (tertiary/aromatic N) is 3. The number of halogens is 1. The molecule has 0 bridgehead atoms. The lowest BCUT2D eigenvalue weighted by atomic mass is 9.69. The molecule has 1 aromatic heterocycles. The minimum absolute atomic E-state index is 0.0360. The molecular weight excluding hydrogens is 338 g/mol. The van der Waals surface area contributed by atoms with E-state index in [0.29, 0.717) is 25.3 Å². The summed E-state index contributed by atoms with van der Waals surface area (Å²) in [5.74, 6) is -0.192. The average Bonchev–Trinajstić information content (AvgIpc) is 3.10.